The summed E-state index contributed by atoms with van der Waals surface area (Å²) >= 11 is 0. The summed E-state index contributed by atoms with van der Waals surface area (Å²) in [5.74, 6) is -1.97. The highest BCUT2D eigenvalue weighted by Crippen LogP contribution is 2.34. The van der Waals surface area contributed by atoms with Gasteiger partial charge in [0.2, 0.25) is 0 Å². The lowest BCUT2D eigenvalue weighted by Gasteiger charge is -2.23. The highest BCUT2D eigenvalue weighted by molar-refractivity contribution is 5.73. The van der Waals surface area contributed by atoms with Gasteiger partial charge < -0.3 is 10.4 Å². The summed E-state index contributed by atoms with van der Waals surface area (Å²) < 4.78 is 0. The largest absolute Gasteiger partial charge is 0.481 e. The van der Waals surface area contributed by atoms with E-state index in [1.165, 1.54) is 13.0 Å². The van der Waals surface area contributed by atoms with E-state index in [1.54, 1.807) is 30.3 Å². The average molecular weight is 345 g/mol. The molecule has 0 saturated heterocycles. The molecule has 0 fully saturated rings. The summed E-state index contributed by atoms with van der Waals surface area (Å²) in [5.41, 5.74) is -0.268. The van der Waals surface area contributed by atoms with Crippen molar-refractivity contribution in [2.75, 3.05) is 5.32 Å². The summed E-state index contributed by atoms with van der Waals surface area (Å²) in [4.78, 5) is 32.0. The van der Waals surface area contributed by atoms with Crippen LogP contribution in [0.1, 0.15) is 18.5 Å². The lowest BCUT2D eigenvalue weighted by Crippen LogP contribution is -2.25. The number of benzene rings is 2. The third-order valence-corrected chi connectivity index (χ3v) is 3.75. The molecule has 0 aliphatic rings. The monoisotopic (exact) mass is 345 g/mol. The molecular weight excluding hydrogens is 330 g/mol. The molecule has 0 saturated carbocycles. The lowest BCUT2D eigenvalue weighted by atomic mass is 9.94. The topological polar surface area (TPSA) is 136 Å². The molecule has 0 spiro atoms. The Labute approximate surface area is 142 Å². The summed E-state index contributed by atoms with van der Waals surface area (Å²) in [6.45, 7) is 1.48. The number of carboxylic acid groups (broad SMARTS) is 1. The van der Waals surface area contributed by atoms with Crippen LogP contribution in [0, 0.1) is 26.1 Å². The summed E-state index contributed by atoms with van der Waals surface area (Å²) in [6.07, 6.45) is 0. The summed E-state index contributed by atoms with van der Waals surface area (Å²) in [7, 11) is 0. The Hall–Kier alpha value is -3.49. The number of rotatable bonds is 7. The molecule has 9 nitrogen and oxygen atoms in total. The SMILES string of the molecule is CC(C(=O)O)[C@@H](Nc1ccc([N+](=O)[O-])cc1[N+](=O)[O-])c1ccccc1. The van der Waals surface area contributed by atoms with Crippen LogP contribution in [-0.4, -0.2) is 20.9 Å². The number of hydrogen-bond donors (Lipinski definition) is 2. The second-order valence-electron chi connectivity index (χ2n) is 5.38. The van der Waals surface area contributed by atoms with Crippen LogP contribution in [0.2, 0.25) is 0 Å². The molecule has 0 aromatic heterocycles. The van der Waals surface area contributed by atoms with E-state index in [-0.39, 0.29) is 5.69 Å². The van der Waals surface area contributed by atoms with Crippen LogP contribution in [0.4, 0.5) is 17.1 Å². The number of aliphatic carboxylic acids is 1. The van der Waals surface area contributed by atoms with Crippen molar-refractivity contribution in [2.24, 2.45) is 5.92 Å². The average Bonchev–Trinajstić information content (AvgIpc) is 2.59. The second-order valence-corrected chi connectivity index (χ2v) is 5.38. The summed E-state index contributed by atoms with van der Waals surface area (Å²) in [5, 5.41) is 34.2. The van der Waals surface area contributed by atoms with Crippen molar-refractivity contribution in [1.29, 1.82) is 0 Å². The van der Waals surface area contributed by atoms with Crippen molar-refractivity contribution >= 4 is 23.0 Å². The van der Waals surface area contributed by atoms with Crippen molar-refractivity contribution < 1.29 is 19.7 Å². The predicted molar refractivity (Wildman–Crippen MR) is 89.4 cm³/mol. The van der Waals surface area contributed by atoms with Gasteiger partial charge >= 0.3 is 5.97 Å². The number of carboxylic acids is 1. The third kappa shape index (κ3) is 4.08. The quantitative estimate of drug-likeness (QED) is 0.580. The molecule has 2 N–H and O–H groups in total. The molecule has 2 aromatic rings. The number of hydrogen-bond acceptors (Lipinski definition) is 6. The van der Waals surface area contributed by atoms with Gasteiger partial charge in [-0.2, -0.15) is 0 Å². The molecule has 1 unspecified atom stereocenters. The van der Waals surface area contributed by atoms with E-state index in [2.05, 4.69) is 5.32 Å². The van der Waals surface area contributed by atoms with Gasteiger partial charge in [-0.05, 0) is 18.6 Å². The number of anilines is 1. The minimum atomic E-state index is -1.08. The molecule has 2 rings (SSSR count). The zero-order valence-electron chi connectivity index (χ0n) is 13.2. The van der Waals surface area contributed by atoms with Crippen LogP contribution in [0.15, 0.2) is 48.5 Å². The molecule has 9 heteroatoms. The second kappa shape index (κ2) is 7.39. The Balaban J connectivity index is 2.47. The molecule has 130 valence electrons. The maximum absolute atomic E-state index is 11.4. The Morgan fingerprint density at radius 1 is 1.08 bits per heavy atom. The number of nitro groups is 2. The van der Waals surface area contributed by atoms with Gasteiger partial charge in [-0.25, -0.2) is 0 Å². The van der Waals surface area contributed by atoms with Crippen molar-refractivity contribution in [3.8, 4) is 0 Å². The normalized spacial score (nSPS) is 12.8. The molecule has 0 amide bonds. The van der Waals surface area contributed by atoms with Gasteiger partial charge in [0.05, 0.1) is 27.9 Å². The maximum Gasteiger partial charge on any atom is 0.308 e. The third-order valence-electron chi connectivity index (χ3n) is 3.75. The predicted octanol–water partition coefficient (Wildman–Crippen LogP) is 3.38. The van der Waals surface area contributed by atoms with Crippen molar-refractivity contribution in [1.82, 2.24) is 0 Å². The van der Waals surface area contributed by atoms with Crippen molar-refractivity contribution in [3.63, 3.8) is 0 Å². The van der Waals surface area contributed by atoms with Crippen LogP contribution < -0.4 is 5.32 Å². The van der Waals surface area contributed by atoms with Gasteiger partial charge in [-0.3, -0.25) is 25.0 Å². The van der Waals surface area contributed by atoms with E-state index in [1.807, 2.05) is 0 Å². The Morgan fingerprint density at radius 2 is 1.72 bits per heavy atom. The standard InChI is InChI=1S/C16H15N3O6/c1-10(16(20)21)15(11-5-3-2-4-6-11)17-13-8-7-12(18(22)23)9-14(13)19(24)25/h2-10,15,17H,1H3,(H,20,21)/t10?,15-/m1/s1. The maximum atomic E-state index is 11.4. The number of nitrogens with one attached hydrogen (secondary N) is 1. The van der Waals surface area contributed by atoms with Crippen LogP contribution in [0.25, 0.3) is 0 Å². The van der Waals surface area contributed by atoms with E-state index in [0.29, 0.717) is 5.56 Å². The highest BCUT2D eigenvalue weighted by Gasteiger charge is 2.28. The van der Waals surface area contributed by atoms with Gasteiger partial charge in [0.1, 0.15) is 5.69 Å². The smallest absolute Gasteiger partial charge is 0.308 e. The number of nitrogens with zero attached hydrogens (tertiary/aromatic N) is 2. The van der Waals surface area contributed by atoms with E-state index < -0.39 is 39.2 Å². The number of non-ortho nitro benzene ring substituents is 1. The first-order valence-corrected chi connectivity index (χ1v) is 7.28. The van der Waals surface area contributed by atoms with Gasteiger partial charge in [0, 0.05) is 6.07 Å². The number of nitro benzene ring substituents is 2. The molecule has 0 bridgehead atoms. The molecule has 0 aliphatic heterocycles. The zero-order valence-corrected chi connectivity index (χ0v) is 13.2. The van der Waals surface area contributed by atoms with Crippen molar-refractivity contribution in [3.05, 3.63) is 74.3 Å². The Bertz CT molecular complexity index is 809. The van der Waals surface area contributed by atoms with E-state index in [4.69, 9.17) is 0 Å². The first-order chi connectivity index (χ1) is 11.8. The fraction of sp³-hybridized carbons (Fsp3) is 0.188. The van der Waals surface area contributed by atoms with Crippen molar-refractivity contribution in [2.45, 2.75) is 13.0 Å². The first-order valence-electron chi connectivity index (χ1n) is 7.28. The molecule has 2 aromatic carbocycles. The van der Waals surface area contributed by atoms with Crippen LogP contribution in [0.3, 0.4) is 0 Å². The minimum Gasteiger partial charge on any atom is -0.481 e. The molecule has 0 radical (unpaired) electrons. The molecule has 2 atom stereocenters. The van der Waals surface area contributed by atoms with Gasteiger partial charge in [-0.1, -0.05) is 30.3 Å². The van der Waals surface area contributed by atoms with Crippen LogP contribution >= 0.6 is 0 Å². The first kappa shape index (κ1) is 17.9. The minimum absolute atomic E-state index is 0.0116. The van der Waals surface area contributed by atoms with E-state index in [0.717, 1.165) is 12.1 Å². The number of carbonyl (C=O) groups is 1. The molecule has 0 heterocycles. The summed E-state index contributed by atoms with van der Waals surface area (Å²) in [6, 6.07) is 11.0. The lowest BCUT2D eigenvalue weighted by molar-refractivity contribution is -0.393. The Morgan fingerprint density at radius 3 is 2.24 bits per heavy atom. The van der Waals surface area contributed by atoms with E-state index >= 15 is 0 Å². The molecular formula is C16H15N3O6. The van der Waals surface area contributed by atoms with Gasteiger partial charge in [0.25, 0.3) is 11.4 Å². The Kier molecular flexibility index (Phi) is 5.28. The molecule has 25 heavy (non-hydrogen) atoms. The van der Waals surface area contributed by atoms with Gasteiger partial charge in [-0.15, -0.1) is 0 Å². The fourth-order valence-electron chi connectivity index (χ4n) is 2.37. The fourth-order valence-corrected chi connectivity index (χ4v) is 2.37. The van der Waals surface area contributed by atoms with Gasteiger partial charge in [0.15, 0.2) is 0 Å². The van der Waals surface area contributed by atoms with E-state index in [9.17, 15) is 30.1 Å². The van der Waals surface area contributed by atoms with Crippen LogP contribution in [0.5, 0.6) is 0 Å². The van der Waals surface area contributed by atoms with Crippen LogP contribution in [-0.2, 0) is 4.79 Å². The zero-order chi connectivity index (χ0) is 18.6. The highest BCUT2D eigenvalue weighted by atomic mass is 16.6. The molecule has 0 aliphatic carbocycles.